The van der Waals surface area contributed by atoms with E-state index in [2.05, 4.69) is 25.6 Å². The number of imidazole rings is 1. The van der Waals surface area contributed by atoms with Crippen LogP contribution in [0.1, 0.15) is 0 Å². The lowest BCUT2D eigenvalue weighted by atomic mass is 10.5. The third-order valence-electron chi connectivity index (χ3n) is 3.20. The second-order valence-corrected chi connectivity index (χ2v) is 4.58. The number of aromatic amines is 1. The van der Waals surface area contributed by atoms with Gasteiger partial charge in [0.1, 0.15) is 0 Å². The zero-order valence-electron chi connectivity index (χ0n) is 11.6. The highest BCUT2D eigenvalue weighted by molar-refractivity contribution is 5.72. The molecule has 0 amide bonds. The maximum absolute atomic E-state index is 12.0. The maximum Gasteiger partial charge on any atom is 0.332 e. The molecule has 0 saturated heterocycles. The fourth-order valence-corrected chi connectivity index (χ4v) is 2.05. The van der Waals surface area contributed by atoms with Gasteiger partial charge in [-0.3, -0.25) is 18.6 Å². The molecule has 0 aromatic carbocycles. The normalized spacial score (nSPS) is 11.1. The number of hydrogen-bond donors (Lipinski definition) is 2. The van der Waals surface area contributed by atoms with Crippen LogP contribution in [-0.2, 0) is 20.6 Å². The maximum atomic E-state index is 12.0. The molecule has 0 radical (unpaired) electrons. The van der Waals surface area contributed by atoms with Crippen molar-refractivity contribution >= 4 is 17.1 Å². The van der Waals surface area contributed by atoms with Crippen molar-refractivity contribution in [3.63, 3.8) is 0 Å². The predicted octanol–water partition coefficient (Wildman–Crippen LogP) is -1.34. The van der Waals surface area contributed by atoms with Gasteiger partial charge in [-0.25, -0.2) is 4.79 Å². The Bertz CT molecular complexity index is 885. The Hall–Kier alpha value is -2.91. The Morgan fingerprint density at radius 1 is 1.29 bits per heavy atom. The van der Waals surface area contributed by atoms with Crippen LogP contribution in [0.25, 0.3) is 11.2 Å². The third kappa shape index (κ3) is 2.20. The fourth-order valence-electron chi connectivity index (χ4n) is 2.05. The van der Waals surface area contributed by atoms with Crippen LogP contribution < -0.4 is 16.6 Å². The van der Waals surface area contributed by atoms with E-state index in [0.717, 1.165) is 4.57 Å². The van der Waals surface area contributed by atoms with E-state index >= 15 is 0 Å². The summed E-state index contributed by atoms with van der Waals surface area (Å²) in [7, 11) is 3.01. The summed E-state index contributed by atoms with van der Waals surface area (Å²) in [6.45, 7) is 1.16. The molecule has 0 fully saturated rings. The molecule has 0 atom stereocenters. The molecule has 3 rings (SSSR count). The van der Waals surface area contributed by atoms with Crippen molar-refractivity contribution in [2.45, 2.75) is 6.54 Å². The first-order chi connectivity index (χ1) is 10.1. The molecular weight excluding hydrogens is 276 g/mol. The van der Waals surface area contributed by atoms with Crippen molar-refractivity contribution in [3.8, 4) is 0 Å². The number of aryl methyl sites for hydroxylation is 1. The highest BCUT2D eigenvalue weighted by Crippen LogP contribution is 2.07. The van der Waals surface area contributed by atoms with Crippen LogP contribution in [0, 0.1) is 0 Å². The number of aromatic nitrogens is 7. The minimum absolute atomic E-state index is 0.294. The number of nitrogens with zero attached hydrogens (tertiary/aromatic N) is 6. The van der Waals surface area contributed by atoms with Gasteiger partial charge in [0.2, 0.25) is 5.95 Å². The Morgan fingerprint density at radius 3 is 2.81 bits per heavy atom. The van der Waals surface area contributed by atoms with Crippen molar-refractivity contribution in [3.05, 3.63) is 33.2 Å². The number of H-pyrrole nitrogens is 1. The molecule has 10 heteroatoms. The summed E-state index contributed by atoms with van der Waals surface area (Å²) < 4.78 is 4.04. The molecule has 0 bridgehead atoms. The molecule has 21 heavy (non-hydrogen) atoms. The quantitative estimate of drug-likeness (QED) is 0.614. The van der Waals surface area contributed by atoms with Gasteiger partial charge in [0, 0.05) is 26.8 Å². The van der Waals surface area contributed by atoms with E-state index in [9.17, 15) is 9.59 Å². The number of anilines is 1. The average Bonchev–Trinajstić information content (AvgIpc) is 3.12. The van der Waals surface area contributed by atoms with Gasteiger partial charge >= 0.3 is 5.69 Å². The van der Waals surface area contributed by atoms with Gasteiger partial charge in [-0.05, 0) is 0 Å². The number of rotatable bonds is 4. The van der Waals surface area contributed by atoms with Gasteiger partial charge in [0.05, 0.1) is 12.7 Å². The molecule has 3 aromatic heterocycles. The van der Waals surface area contributed by atoms with Crippen LogP contribution in [0.4, 0.5) is 5.95 Å². The Balaban J connectivity index is 1.88. The van der Waals surface area contributed by atoms with Crippen LogP contribution in [0.2, 0.25) is 0 Å². The van der Waals surface area contributed by atoms with Crippen LogP contribution in [0.3, 0.4) is 0 Å². The first kappa shape index (κ1) is 13.1. The highest BCUT2D eigenvalue weighted by atomic mass is 16.2. The topological polar surface area (TPSA) is 115 Å². The third-order valence-corrected chi connectivity index (χ3v) is 3.20. The first-order valence-corrected chi connectivity index (χ1v) is 6.31. The minimum atomic E-state index is -0.409. The SMILES string of the molecule is Cn1c(=O)c2[nH]c(NCCn3ccnn3)nc2n(C)c1=O. The van der Waals surface area contributed by atoms with Crippen LogP contribution in [-0.4, -0.2) is 40.6 Å². The molecule has 0 aliphatic heterocycles. The number of fused-ring (bicyclic) bond motifs is 1. The van der Waals surface area contributed by atoms with E-state index in [1.807, 2.05) is 0 Å². The summed E-state index contributed by atoms with van der Waals surface area (Å²) in [6.07, 6.45) is 3.35. The average molecular weight is 290 g/mol. The van der Waals surface area contributed by atoms with Crippen molar-refractivity contribution in [1.29, 1.82) is 0 Å². The molecule has 2 N–H and O–H groups in total. The lowest BCUT2D eigenvalue weighted by Crippen LogP contribution is -2.36. The fraction of sp³-hybridized carbons (Fsp3) is 0.364. The summed E-state index contributed by atoms with van der Waals surface area (Å²) in [4.78, 5) is 30.9. The van der Waals surface area contributed by atoms with E-state index in [1.165, 1.54) is 11.6 Å². The van der Waals surface area contributed by atoms with Crippen LogP contribution in [0.15, 0.2) is 22.0 Å². The molecule has 3 heterocycles. The van der Waals surface area contributed by atoms with E-state index < -0.39 is 11.2 Å². The monoisotopic (exact) mass is 290 g/mol. The lowest BCUT2D eigenvalue weighted by molar-refractivity contribution is 0.608. The molecule has 10 nitrogen and oxygen atoms in total. The van der Waals surface area contributed by atoms with E-state index in [-0.39, 0.29) is 0 Å². The summed E-state index contributed by atoms with van der Waals surface area (Å²) in [5.74, 6) is 0.434. The van der Waals surface area contributed by atoms with Gasteiger partial charge in [0.15, 0.2) is 11.2 Å². The lowest BCUT2D eigenvalue weighted by Gasteiger charge is -2.01. The van der Waals surface area contributed by atoms with Gasteiger partial charge in [-0.15, -0.1) is 5.10 Å². The molecule has 0 saturated carbocycles. The summed E-state index contributed by atoms with van der Waals surface area (Å²) >= 11 is 0. The van der Waals surface area contributed by atoms with Gasteiger partial charge < -0.3 is 10.3 Å². The molecule has 0 aliphatic rings. The minimum Gasteiger partial charge on any atom is -0.354 e. The van der Waals surface area contributed by atoms with Gasteiger partial charge in [-0.2, -0.15) is 4.98 Å². The Kier molecular flexibility index (Phi) is 3.05. The molecule has 0 unspecified atom stereocenters. The number of hydrogen-bond acceptors (Lipinski definition) is 6. The van der Waals surface area contributed by atoms with Gasteiger partial charge in [-0.1, -0.05) is 5.21 Å². The van der Waals surface area contributed by atoms with Crippen LogP contribution >= 0.6 is 0 Å². The van der Waals surface area contributed by atoms with Crippen molar-refractivity contribution < 1.29 is 0 Å². The largest absolute Gasteiger partial charge is 0.354 e. The van der Waals surface area contributed by atoms with Gasteiger partial charge in [0.25, 0.3) is 5.56 Å². The Morgan fingerprint density at radius 2 is 2.10 bits per heavy atom. The van der Waals surface area contributed by atoms with E-state index in [4.69, 9.17) is 0 Å². The Labute approximate surface area is 118 Å². The molecule has 0 aliphatic carbocycles. The van der Waals surface area contributed by atoms with Crippen molar-refractivity contribution in [2.24, 2.45) is 14.1 Å². The zero-order valence-corrected chi connectivity index (χ0v) is 11.6. The predicted molar refractivity (Wildman–Crippen MR) is 75.1 cm³/mol. The van der Waals surface area contributed by atoms with Crippen LogP contribution in [0.5, 0.6) is 0 Å². The molecule has 110 valence electrons. The standard InChI is InChI=1S/C11H14N8O2/c1-17-8-7(9(20)18(2)11(17)21)14-10(15-8)12-3-5-19-6-4-13-16-19/h4,6H,3,5H2,1-2H3,(H2,12,14,15). The molecular formula is C11H14N8O2. The molecule has 0 spiro atoms. The van der Waals surface area contributed by atoms with E-state index in [1.54, 1.807) is 24.1 Å². The van der Waals surface area contributed by atoms with Crippen molar-refractivity contribution in [2.75, 3.05) is 11.9 Å². The summed E-state index contributed by atoms with van der Waals surface area (Å²) in [5.41, 5.74) is -0.188. The van der Waals surface area contributed by atoms with E-state index in [0.29, 0.717) is 30.2 Å². The second-order valence-electron chi connectivity index (χ2n) is 4.58. The number of nitrogens with one attached hydrogen (secondary N) is 2. The zero-order chi connectivity index (χ0) is 15.0. The summed E-state index contributed by atoms with van der Waals surface area (Å²) in [5, 5.41) is 10.6. The van der Waals surface area contributed by atoms with Crippen molar-refractivity contribution in [1.82, 2.24) is 34.1 Å². The smallest absolute Gasteiger partial charge is 0.332 e. The summed E-state index contributed by atoms with van der Waals surface area (Å²) in [6, 6.07) is 0. The second kappa shape index (κ2) is 4.89. The first-order valence-electron chi connectivity index (χ1n) is 6.31. The highest BCUT2D eigenvalue weighted by Gasteiger charge is 2.12. The molecule has 3 aromatic rings.